The molecular formula is C18H22FN3O4S. The van der Waals surface area contributed by atoms with Crippen LogP contribution in [0.1, 0.15) is 22.0 Å². The van der Waals surface area contributed by atoms with Gasteiger partial charge in [-0.3, -0.25) is 4.79 Å². The normalized spacial score (nSPS) is 12.7. The van der Waals surface area contributed by atoms with Crippen molar-refractivity contribution in [3.05, 3.63) is 59.4 Å². The molecule has 0 heterocycles. The van der Waals surface area contributed by atoms with E-state index in [4.69, 9.17) is 9.88 Å². The number of rotatable bonds is 7. The molecule has 27 heavy (non-hydrogen) atoms. The second-order valence-electron chi connectivity index (χ2n) is 6.15. The highest BCUT2D eigenvalue weighted by molar-refractivity contribution is 7.89. The maximum Gasteiger partial charge on any atom is 0.255 e. The SMILES string of the molecule is COc1ccc(S(N)(=O)=O)cc1C(=O)NC[C@@H](c1cccc(F)c1)N(C)C. The monoisotopic (exact) mass is 395 g/mol. The standard InChI is InChI=1S/C18H22FN3O4S/c1-22(2)16(12-5-4-6-13(19)9-12)11-21-18(23)15-10-14(27(20,24)25)7-8-17(15)26-3/h4-10,16H,11H2,1-3H3,(H,21,23)(H2,20,24,25)/t16-/m0/s1. The van der Waals surface area contributed by atoms with E-state index in [-0.39, 0.29) is 34.6 Å². The molecule has 2 rings (SSSR count). The van der Waals surface area contributed by atoms with Crippen LogP contribution in [0.2, 0.25) is 0 Å². The Bertz CT molecular complexity index is 932. The molecule has 3 N–H and O–H groups in total. The third-order valence-electron chi connectivity index (χ3n) is 4.06. The van der Waals surface area contributed by atoms with Crippen molar-refractivity contribution < 1.29 is 22.3 Å². The number of hydrogen-bond donors (Lipinski definition) is 2. The van der Waals surface area contributed by atoms with Crippen LogP contribution in [0.4, 0.5) is 4.39 Å². The van der Waals surface area contributed by atoms with Crippen molar-refractivity contribution in [3.63, 3.8) is 0 Å². The summed E-state index contributed by atoms with van der Waals surface area (Å²) in [7, 11) is 1.03. The van der Waals surface area contributed by atoms with E-state index in [1.807, 2.05) is 19.0 Å². The first kappa shape index (κ1) is 20.8. The minimum absolute atomic E-state index is 0.0424. The number of amides is 1. The Morgan fingerprint density at radius 3 is 2.52 bits per heavy atom. The highest BCUT2D eigenvalue weighted by Crippen LogP contribution is 2.23. The van der Waals surface area contributed by atoms with Gasteiger partial charge in [0.25, 0.3) is 5.91 Å². The van der Waals surface area contributed by atoms with Gasteiger partial charge in [-0.15, -0.1) is 0 Å². The lowest BCUT2D eigenvalue weighted by molar-refractivity contribution is 0.0938. The largest absolute Gasteiger partial charge is 0.496 e. The van der Waals surface area contributed by atoms with Gasteiger partial charge in [0.15, 0.2) is 0 Å². The molecule has 1 amide bonds. The van der Waals surface area contributed by atoms with Crippen LogP contribution in [-0.2, 0) is 10.0 Å². The Balaban J connectivity index is 2.25. The fraction of sp³-hybridized carbons (Fsp3) is 0.278. The predicted octanol–water partition coefficient (Wildman–Crippen LogP) is 1.51. The zero-order valence-corrected chi connectivity index (χ0v) is 16.1. The fourth-order valence-corrected chi connectivity index (χ4v) is 3.18. The number of hydrogen-bond acceptors (Lipinski definition) is 5. The number of benzene rings is 2. The molecular weight excluding hydrogens is 373 g/mol. The summed E-state index contributed by atoms with van der Waals surface area (Å²) in [6.07, 6.45) is 0. The van der Waals surface area contributed by atoms with Gasteiger partial charge >= 0.3 is 0 Å². The number of likely N-dealkylation sites (N-methyl/N-ethyl adjacent to an activating group) is 1. The smallest absolute Gasteiger partial charge is 0.255 e. The van der Waals surface area contributed by atoms with Gasteiger partial charge in [0.05, 0.1) is 23.6 Å². The number of primary sulfonamides is 1. The van der Waals surface area contributed by atoms with E-state index >= 15 is 0 Å². The number of carbonyl (C=O) groups excluding carboxylic acids is 1. The molecule has 0 aliphatic rings. The van der Waals surface area contributed by atoms with Crippen LogP contribution >= 0.6 is 0 Å². The molecule has 0 bridgehead atoms. The van der Waals surface area contributed by atoms with Crippen LogP contribution < -0.4 is 15.2 Å². The molecule has 0 spiro atoms. The highest BCUT2D eigenvalue weighted by atomic mass is 32.2. The summed E-state index contributed by atoms with van der Waals surface area (Å²) in [5, 5.41) is 7.86. The van der Waals surface area contributed by atoms with Crippen molar-refractivity contribution in [2.24, 2.45) is 5.14 Å². The lowest BCUT2D eigenvalue weighted by atomic mass is 10.1. The molecule has 2 aromatic rings. The van der Waals surface area contributed by atoms with Crippen molar-refractivity contribution in [1.82, 2.24) is 10.2 Å². The highest BCUT2D eigenvalue weighted by Gasteiger charge is 2.20. The first-order valence-electron chi connectivity index (χ1n) is 8.04. The van der Waals surface area contributed by atoms with E-state index in [2.05, 4.69) is 5.32 Å². The molecule has 0 radical (unpaired) electrons. The van der Waals surface area contributed by atoms with E-state index in [1.54, 1.807) is 12.1 Å². The predicted molar refractivity (Wildman–Crippen MR) is 99.5 cm³/mol. The maximum atomic E-state index is 13.5. The molecule has 0 unspecified atom stereocenters. The molecule has 0 aliphatic heterocycles. The summed E-state index contributed by atoms with van der Waals surface area (Å²) < 4.78 is 41.7. The van der Waals surface area contributed by atoms with Gasteiger partial charge in [0.1, 0.15) is 11.6 Å². The van der Waals surface area contributed by atoms with E-state index in [0.29, 0.717) is 5.56 Å². The quantitative estimate of drug-likeness (QED) is 0.740. The number of halogens is 1. The average molecular weight is 395 g/mol. The molecule has 0 fully saturated rings. The summed E-state index contributed by atoms with van der Waals surface area (Å²) in [6, 6.07) is 9.62. The van der Waals surface area contributed by atoms with E-state index in [1.165, 1.54) is 31.4 Å². The molecule has 146 valence electrons. The molecule has 0 aromatic heterocycles. The summed E-state index contributed by atoms with van der Waals surface area (Å²) >= 11 is 0. The number of nitrogens with zero attached hydrogens (tertiary/aromatic N) is 1. The number of nitrogens with two attached hydrogens (primary N) is 1. The van der Waals surface area contributed by atoms with Crippen LogP contribution in [0.25, 0.3) is 0 Å². The van der Waals surface area contributed by atoms with Crippen molar-refractivity contribution in [2.45, 2.75) is 10.9 Å². The Labute approximate surface area is 158 Å². The van der Waals surface area contributed by atoms with Crippen molar-refractivity contribution in [1.29, 1.82) is 0 Å². The molecule has 1 atom stereocenters. The first-order valence-corrected chi connectivity index (χ1v) is 9.59. The molecule has 2 aromatic carbocycles. The van der Waals surface area contributed by atoms with Gasteiger partial charge in [0.2, 0.25) is 10.0 Å². The van der Waals surface area contributed by atoms with Crippen LogP contribution in [-0.4, -0.2) is 47.0 Å². The summed E-state index contributed by atoms with van der Waals surface area (Å²) in [5.41, 5.74) is 0.742. The summed E-state index contributed by atoms with van der Waals surface area (Å²) in [6.45, 7) is 0.179. The van der Waals surface area contributed by atoms with E-state index < -0.39 is 15.9 Å². The molecule has 7 nitrogen and oxygen atoms in total. The summed E-state index contributed by atoms with van der Waals surface area (Å²) in [5.74, 6) is -0.680. The number of nitrogens with one attached hydrogen (secondary N) is 1. The zero-order chi connectivity index (χ0) is 20.2. The second-order valence-corrected chi connectivity index (χ2v) is 7.71. The van der Waals surface area contributed by atoms with Gasteiger partial charge in [-0.05, 0) is 50.0 Å². The third kappa shape index (κ3) is 5.25. The number of ether oxygens (including phenoxy) is 1. The molecule has 0 aliphatic carbocycles. The van der Waals surface area contributed by atoms with Crippen molar-refractivity contribution in [3.8, 4) is 5.75 Å². The minimum Gasteiger partial charge on any atom is -0.496 e. The molecule has 9 heteroatoms. The average Bonchev–Trinajstić information content (AvgIpc) is 2.60. The van der Waals surface area contributed by atoms with Gasteiger partial charge in [0, 0.05) is 6.54 Å². The van der Waals surface area contributed by atoms with E-state index in [9.17, 15) is 17.6 Å². The molecule has 0 saturated heterocycles. The van der Waals surface area contributed by atoms with Gasteiger partial charge in [-0.25, -0.2) is 17.9 Å². The van der Waals surface area contributed by atoms with Crippen LogP contribution in [0.5, 0.6) is 5.75 Å². The lowest BCUT2D eigenvalue weighted by Gasteiger charge is -2.25. The van der Waals surface area contributed by atoms with Gasteiger partial charge < -0.3 is 15.0 Å². The Kier molecular flexibility index (Phi) is 6.53. The second kappa shape index (κ2) is 8.47. The minimum atomic E-state index is -3.96. The zero-order valence-electron chi connectivity index (χ0n) is 15.3. The van der Waals surface area contributed by atoms with Crippen molar-refractivity contribution >= 4 is 15.9 Å². The van der Waals surface area contributed by atoms with E-state index in [0.717, 1.165) is 6.07 Å². The van der Waals surface area contributed by atoms with Crippen LogP contribution in [0.3, 0.4) is 0 Å². The van der Waals surface area contributed by atoms with Gasteiger partial charge in [-0.1, -0.05) is 12.1 Å². The Morgan fingerprint density at radius 1 is 1.26 bits per heavy atom. The summed E-state index contributed by atoms with van der Waals surface area (Å²) in [4.78, 5) is 14.3. The van der Waals surface area contributed by atoms with Crippen molar-refractivity contribution in [2.75, 3.05) is 27.7 Å². The Morgan fingerprint density at radius 2 is 1.96 bits per heavy atom. The van der Waals surface area contributed by atoms with Gasteiger partial charge in [-0.2, -0.15) is 0 Å². The number of sulfonamides is 1. The first-order chi connectivity index (χ1) is 12.6. The number of carbonyl (C=O) groups is 1. The molecule has 0 saturated carbocycles. The van der Waals surface area contributed by atoms with Crippen LogP contribution in [0.15, 0.2) is 47.4 Å². The number of methoxy groups -OCH3 is 1. The topological polar surface area (TPSA) is 102 Å². The third-order valence-corrected chi connectivity index (χ3v) is 4.97. The van der Waals surface area contributed by atoms with Crippen LogP contribution in [0, 0.1) is 5.82 Å². The Hall–Kier alpha value is -2.49. The lowest BCUT2D eigenvalue weighted by Crippen LogP contribution is -2.34. The maximum absolute atomic E-state index is 13.5. The fourth-order valence-electron chi connectivity index (χ4n) is 2.64.